The van der Waals surface area contributed by atoms with Gasteiger partial charge in [-0.15, -0.1) is 11.3 Å². The standard InChI is InChI=1S/C25H31N3O5S/c1-17(27-22(29)14-11-19-9-12-21(32-3)13-10-19)24(31)33-18(2)23(30)28(25-26-15-16-34-25)20-7-5-4-6-8-20/h9-18,20H,4-8H2,1-3H3,(H,27,29)/b14-11+/t17-,18?/m0/s1. The fraction of sp³-hybridized carbons (Fsp3) is 0.440. The molecule has 2 aromatic rings. The van der Waals surface area contributed by atoms with Crippen LogP contribution in [0, 0.1) is 0 Å². The van der Waals surface area contributed by atoms with Gasteiger partial charge in [-0.2, -0.15) is 0 Å². The van der Waals surface area contributed by atoms with Crippen LogP contribution < -0.4 is 15.0 Å². The summed E-state index contributed by atoms with van der Waals surface area (Å²) in [6, 6.07) is 6.35. The summed E-state index contributed by atoms with van der Waals surface area (Å²) in [7, 11) is 1.58. The van der Waals surface area contributed by atoms with E-state index in [4.69, 9.17) is 9.47 Å². The van der Waals surface area contributed by atoms with Crippen molar-refractivity contribution in [1.29, 1.82) is 0 Å². The molecule has 1 saturated carbocycles. The Morgan fingerprint density at radius 1 is 1.15 bits per heavy atom. The number of benzene rings is 1. The third-order valence-electron chi connectivity index (χ3n) is 5.70. The Bertz CT molecular complexity index is 984. The van der Waals surface area contributed by atoms with Crippen molar-refractivity contribution in [1.82, 2.24) is 10.3 Å². The van der Waals surface area contributed by atoms with Gasteiger partial charge in [-0.05, 0) is 50.5 Å². The molecule has 2 atom stereocenters. The van der Waals surface area contributed by atoms with Crippen LogP contribution in [0.1, 0.15) is 51.5 Å². The van der Waals surface area contributed by atoms with Crippen LogP contribution in [0.5, 0.6) is 5.75 Å². The summed E-state index contributed by atoms with van der Waals surface area (Å²) < 4.78 is 10.5. The summed E-state index contributed by atoms with van der Waals surface area (Å²) in [6.07, 6.45) is 8.72. The number of anilines is 1. The van der Waals surface area contributed by atoms with Gasteiger partial charge in [-0.3, -0.25) is 14.5 Å². The van der Waals surface area contributed by atoms with Gasteiger partial charge in [0, 0.05) is 23.7 Å². The van der Waals surface area contributed by atoms with Crippen molar-refractivity contribution < 1.29 is 23.9 Å². The molecule has 1 aliphatic carbocycles. The summed E-state index contributed by atoms with van der Waals surface area (Å²) in [4.78, 5) is 44.0. The lowest BCUT2D eigenvalue weighted by Gasteiger charge is -2.34. The van der Waals surface area contributed by atoms with E-state index in [2.05, 4.69) is 10.3 Å². The first-order chi connectivity index (χ1) is 16.4. The lowest BCUT2D eigenvalue weighted by atomic mass is 9.94. The first-order valence-electron chi connectivity index (χ1n) is 11.4. The van der Waals surface area contributed by atoms with Gasteiger partial charge in [-0.1, -0.05) is 31.4 Å². The number of amides is 2. The lowest BCUT2D eigenvalue weighted by molar-refractivity contribution is -0.156. The number of nitrogens with one attached hydrogen (secondary N) is 1. The highest BCUT2D eigenvalue weighted by molar-refractivity contribution is 7.13. The second kappa shape index (κ2) is 12.3. The molecule has 8 nitrogen and oxygen atoms in total. The number of carbonyl (C=O) groups is 3. The van der Waals surface area contributed by atoms with E-state index in [1.54, 1.807) is 43.3 Å². The Kier molecular flexibility index (Phi) is 9.21. The summed E-state index contributed by atoms with van der Waals surface area (Å²) in [6.45, 7) is 3.08. The molecular weight excluding hydrogens is 454 g/mol. The molecule has 1 unspecified atom stereocenters. The molecule has 1 N–H and O–H groups in total. The normalized spacial score (nSPS) is 16.0. The second-order valence-corrected chi connectivity index (χ2v) is 9.10. The monoisotopic (exact) mass is 485 g/mol. The minimum absolute atomic E-state index is 0.0498. The van der Waals surface area contributed by atoms with Crippen molar-refractivity contribution in [2.75, 3.05) is 12.0 Å². The van der Waals surface area contributed by atoms with Gasteiger partial charge in [0.15, 0.2) is 11.2 Å². The van der Waals surface area contributed by atoms with Crippen LogP contribution >= 0.6 is 11.3 Å². The van der Waals surface area contributed by atoms with Crippen LogP contribution in [-0.4, -0.2) is 48.1 Å². The van der Waals surface area contributed by atoms with Gasteiger partial charge in [0.1, 0.15) is 11.8 Å². The zero-order chi connectivity index (χ0) is 24.5. The number of nitrogens with zero attached hydrogens (tertiary/aromatic N) is 2. The molecule has 1 fully saturated rings. The Labute approximate surface area is 204 Å². The zero-order valence-corrected chi connectivity index (χ0v) is 20.5. The smallest absolute Gasteiger partial charge is 0.329 e. The van der Waals surface area contributed by atoms with Gasteiger partial charge in [0.05, 0.1) is 7.11 Å². The molecule has 1 aliphatic rings. The van der Waals surface area contributed by atoms with Crippen LogP contribution in [0.3, 0.4) is 0 Å². The highest BCUT2D eigenvalue weighted by Crippen LogP contribution is 2.29. The Hall–Kier alpha value is -3.20. The van der Waals surface area contributed by atoms with E-state index in [9.17, 15) is 14.4 Å². The second-order valence-electron chi connectivity index (χ2n) is 8.23. The van der Waals surface area contributed by atoms with E-state index in [-0.39, 0.29) is 11.9 Å². The molecule has 0 radical (unpaired) electrons. The fourth-order valence-electron chi connectivity index (χ4n) is 3.83. The number of rotatable bonds is 9. The number of hydrogen-bond acceptors (Lipinski definition) is 7. The van der Waals surface area contributed by atoms with Gasteiger partial charge < -0.3 is 14.8 Å². The Morgan fingerprint density at radius 3 is 2.47 bits per heavy atom. The number of thiazole rings is 1. The molecule has 1 heterocycles. The number of hydrogen-bond donors (Lipinski definition) is 1. The zero-order valence-electron chi connectivity index (χ0n) is 19.7. The first-order valence-corrected chi connectivity index (χ1v) is 12.3. The molecule has 0 spiro atoms. The molecule has 3 rings (SSSR count). The molecule has 1 aromatic carbocycles. The molecule has 182 valence electrons. The number of aromatic nitrogens is 1. The predicted molar refractivity (Wildman–Crippen MR) is 132 cm³/mol. The average molecular weight is 486 g/mol. The maximum absolute atomic E-state index is 13.2. The van der Waals surface area contributed by atoms with Crippen LogP contribution in [0.4, 0.5) is 5.13 Å². The lowest BCUT2D eigenvalue weighted by Crippen LogP contribution is -2.48. The van der Waals surface area contributed by atoms with Crippen LogP contribution in [0.2, 0.25) is 0 Å². The third kappa shape index (κ3) is 6.90. The molecule has 34 heavy (non-hydrogen) atoms. The van der Waals surface area contributed by atoms with E-state index in [0.717, 1.165) is 43.4 Å². The Morgan fingerprint density at radius 2 is 1.85 bits per heavy atom. The minimum atomic E-state index is -0.993. The van der Waals surface area contributed by atoms with Crippen LogP contribution in [0.15, 0.2) is 41.9 Å². The number of esters is 1. The van der Waals surface area contributed by atoms with Crippen molar-refractivity contribution in [3.05, 3.63) is 47.5 Å². The van der Waals surface area contributed by atoms with Crippen molar-refractivity contribution in [2.45, 2.75) is 64.1 Å². The first kappa shape index (κ1) is 25.4. The van der Waals surface area contributed by atoms with Gasteiger partial charge in [-0.25, -0.2) is 9.78 Å². The predicted octanol–water partition coefficient (Wildman–Crippen LogP) is 3.97. The minimum Gasteiger partial charge on any atom is -0.497 e. The quantitative estimate of drug-likeness (QED) is 0.426. The molecular formula is C25H31N3O5S. The van der Waals surface area contributed by atoms with Gasteiger partial charge >= 0.3 is 5.97 Å². The summed E-state index contributed by atoms with van der Waals surface area (Å²) in [5, 5.41) is 5.02. The maximum Gasteiger partial charge on any atom is 0.329 e. The summed E-state index contributed by atoms with van der Waals surface area (Å²) in [5.41, 5.74) is 0.815. The van der Waals surface area contributed by atoms with E-state index in [1.165, 1.54) is 24.3 Å². The molecule has 2 amide bonds. The number of ether oxygens (including phenoxy) is 2. The SMILES string of the molecule is COc1ccc(/C=C/C(=O)N[C@@H](C)C(=O)OC(C)C(=O)N(c2nccs2)C2CCCCC2)cc1. The highest BCUT2D eigenvalue weighted by Gasteiger charge is 2.33. The van der Waals surface area contributed by atoms with E-state index < -0.39 is 24.0 Å². The Balaban J connectivity index is 1.55. The van der Waals surface area contributed by atoms with Crippen molar-refractivity contribution >= 4 is 40.3 Å². The van der Waals surface area contributed by atoms with Crippen LogP contribution in [-0.2, 0) is 19.1 Å². The molecule has 0 saturated heterocycles. The number of carbonyl (C=O) groups excluding carboxylic acids is 3. The van der Waals surface area contributed by atoms with Gasteiger partial charge in [0.25, 0.3) is 5.91 Å². The topological polar surface area (TPSA) is 97.8 Å². The average Bonchev–Trinajstić information content (AvgIpc) is 3.38. The summed E-state index contributed by atoms with van der Waals surface area (Å²) in [5.74, 6) is -0.688. The summed E-state index contributed by atoms with van der Waals surface area (Å²) >= 11 is 1.39. The maximum atomic E-state index is 13.2. The van der Waals surface area contributed by atoms with Gasteiger partial charge in [0.2, 0.25) is 5.91 Å². The van der Waals surface area contributed by atoms with E-state index >= 15 is 0 Å². The molecule has 0 aliphatic heterocycles. The van der Waals surface area contributed by atoms with Crippen molar-refractivity contribution in [3.63, 3.8) is 0 Å². The number of methoxy groups -OCH3 is 1. The molecule has 0 bridgehead atoms. The molecule has 1 aromatic heterocycles. The van der Waals surface area contributed by atoms with E-state index in [0.29, 0.717) is 5.13 Å². The third-order valence-corrected chi connectivity index (χ3v) is 6.47. The highest BCUT2D eigenvalue weighted by atomic mass is 32.1. The molecule has 9 heteroatoms. The van der Waals surface area contributed by atoms with Crippen LogP contribution in [0.25, 0.3) is 6.08 Å². The van der Waals surface area contributed by atoms with E-state index in [1.807, 2.05) is 17.5 Å². The van der Waals surface area contributed by atoms with Crippen molar-refractivity contribution in [2.24, 2.45) is 0 Å². The largest absolute Gasteiger partial charge is 0.497 e. The van der Waals surface area contributed by atoms with Crippen molar-refractivity contribution in [3.8, 4) is 5.75 Å². The fourth-order valence-corrected chi connectivity index (χ4v) is 4.55.